The molecule has 0 radical (unpaired) electrons. The lowest BCUT2D eigenvalue weighted by Gasteiger charge is -2.27. The molecule has 0 fully saturated rings. The van der Waals surface area contributed by atoms with Crippen molar-refractivity contribution in [1.82, 2.24) is 9.88 Å². The van der Waals surface area contributed by atoms with Gasteiger partial charge in [-0.2, -0.15) is 0 Å². The molecule has 1 atom stereocenters. The van der Waals surface area contributed by atoms with Crippen LogP contribution in [0.3, 0.4) is 0 Å². The first-order chi connectivity index (χ1) is 11.7. The third kappa shape index (κ3) is 5.62. The Morgan fingerprint density at radius 2 is 2.00 bits per heavy atom. The number of rotatable bonds is 10. The summed E-state index contributed by atoms with van der Waals surface area (Å²) in [6.45, 7) is 4.48. The minimum atomic E-state index is 0.196. The van der Waals surface area contributed by atoms with E-state index >= 15 is 0 Å². The van der Waals surface area contributed by atoms with E-state index in [-0.39, 0.29) is 6.04 Å². The van der Waals surface area contributed by atoms with Gasteiger partial charge in [-0.05, 0) is 55.3 Å². The van der Waals surface area contributed by atoms with E-state index in [0.717, 1.165) is 38.2 Å². The van der Waals surface area contributed by atoms with Gasteiger partial charge in [0.05, 0.1) is 6.61 Å². The highest BCUT2D eigenvalue weighted by Crippen LogP contribution is 2.23. The number of nitrogens with zero attached hydrogens (tertiary/aromatic N) is 2. The first-order valence-corrected chi connectivity index (χ1v) is 8.76. The summed E-state index contributed by atoms with van der Waals surface area (Å²) in [4.78, 5) is 6.38. The van der Waals surface area contributed by atoms with Gasteiger partial charge in [-0.3, -0.25) is 9.88 Å². The minimum Gasteiger partial charge on any atom is -0.494 e. The summed E-state index contributed by atoms with van der Waals surface area (Å²) in [5, 5.41) is 0. The molecule has 0 saturated carbocycles. The Balaban J connectivity index is 1.97. The number of ether oxygens (including phenoxy) is 1. The topological polar surface area (TPSA) is 51.4 Å². The van der Waals surface area contributed by atoms with Gasteiger partial charge >= 0.3 is 0 Å². The van der Waals surface area contributed by atoms with Crippen LogP contribution >= 0.6 is 0 Å². The Hall–Kier alpha value is -1.91. The molecule has 2 aromatic rings. The van der Waals surface area contributed by atoms with Crippen LogP contribution in [0.4, 0.5) is 0 Å². The van der Waals surface area contributed by atoms with Crippen LogP contribution in [-0.4, -0.2) is 36.6 Å². The number of likely N-dealkylation sites (N-methyl/N-ethyl adjacent to an activating group) is 1. The van der Waals surface area contributed by atoms with Gasteiger partial charge in [-0.15, -0.1) is 0 Å². The summed E-state index contributed by atoms with van der Waals surface area (Å²) in [6.07, 6.45) is 6.89. The van der Waals surface area contributed by atoms with Crippen molar-refractivity contribution in [2.75, 3.05) is 26.7 Å². The first-order valence-electron chi connectivity index (χ1n) is 8.76. The summed E-state index contributed by atoms with van der Waals surface area (Å²) >= 11 is 0. The monoisotopic (exact) mass is 327 g/mol. The molecular weight excluding hydrogens is 298 g/mol. The second kappa shape index (κ2) is 10.1. The van der Waals surface area contributed by atoms with Crippen LogP contribution in [0.25, 0.3) is 0 Å². The number of benzene rings is 1. The smallest absolute Gasteiger partial charge is 0.119 e. The van der Waals surface area contributed by atoms with Crippen LogP contribution in [0.5, 0.6) is 5.75 Å². The molecule has 1 unspecified atom stereocenters. The molecule has 0 aliphatic carbocycles. The van der Waals surface area contributed by atoms with Gasteiger partial charge < -0.3 is 10.5 Å². The molecule has 4 nitrogen and oxygen atoms in total. The highest BCUT2D eigenvalue weighted by molar-refractivity contribution is 5.31. The van der Waals surface area contributed by atoms with E-state index < -0.39 is 0 Å². The van der Waals surface area contributed by atoms with E-state index in [1.54, 1.807) is 0 Å². The number of pyridine rings is 1. The van der Waals surface area contributed by atoms with Crippen molar-refractivity contribution < 1.29 is 4.74 Å². The van der Waals surface area contributed by atoms with Crippen molar-refractivity contribution in [3.8, 4) is 5.75 Å². The second-order valence-corrected chi connectivity index (χ2v) is 6.11. The van der Waals surface area contributed by atoms with Gasteiger partial charge in [0, 0.05) is 31.5 Å². The fourth-order valence-electron chi connectivity index (χ4n) is 2.73. The molecule has 1 aromatic carbocycles. The lowest BCUT2D eigenvalue weighted by molar-refractivity contribution is 0.251. The molecule has 4 heteroatoms. The van der Waals surface area contributed by atoms with E-state index in [1.165, 1.54) is 11.1 Å². The largest absolute Gasteiger partial charge is 0.494 e. The zero-order chi connectivity index (χ0) is 17.2. The highest BCUT2D eigenvalue weighted by atomic mass is 16.5. The van der Waals surface area contributed by atoms with E-state index in [2.05, 4.69) is 54.2 Å². The van der Waals surface area contributed by atoms with Crippen molar-refractivity contribution in [3.63, 3.8) is 0 Å². The van der Waals surface area contributed by atoms with E-state index in [9.17, 15) is 0 Å². The third-order valence-electron chi connectivity index (χ3n) is 4.27. The maximum atomic E-state index is 6.05. The summed E-state index contributed by atoms with van der Waals surface area (Å²) in [6, 6.07) is 12.6. The Kier molecular flexibility index (Phi) is 7.72. The summed E-state index contributed by atoms with van der Waals surface area (Å²) in [5.74, 6) is 0.932. The predicted octanol–water partition coefficient (Wildman–Crippen LogP) is 3.43. The Morgan fingerprint density at radius 1 is 1.21 bits per heavy atom. The average Bonchev–Trinajstić information content (AvgIpc) is 2.62. The van der Waals surface area contributed by atoms with Crippen molar-refractivity contribution in [2.45, 2.75) is 32.2 Å². The maximum Gasteiger partial charge on any atom is 0.119 e. The quantitative estimate of drug-likeness (QED) is 0.679. The molecule has 2 rings (SSSR count). The summed E-state index contributed by atoms with van der Waals surface area (Å²) < 4.78 is 5.82. The molecule has 0 amide bonds. The van der Waals surface area contributed by atoms with Crippen molar-refractivity contribution in [3.05, 3.63) is 59.9 Å². The van der Waals surface area contributed by atoms with Crippen LogP contribution in [0.2, 0.25) is 0 Å². The average molecular weight is 327 g/mol. The van der Waals surface area contributed by atoms with Crippen LogP contribution in [-0.2, 0) is 6.42 Å². The fraction of sp³-hybridized carbons (Fsp3) is 0.450. The maximum absolute atomic E-state index is 6.05. The van der Waals surface area contributed by atoms with Crippen molar-refractivity contribution in [1.29, 1.82) is 0 Å². The lowest BCUT2D eigenvalue weighted by atomic mass is 10.0. The molecule has 24 heavy (non-hydrogen) atoms. The van der Waals surface area contributed by atoms with Gasteiger partial charge in [0.1, 0.15) is 5.75 Å². The predicted molar refractivity (Wildman–Crippen MR) is 99.2 cm³/mol. The summed E-state index contributed by atoms with van der Waals surface area (Å²) in [5.41, 5.74) is 8.56. The van der Waals surface area contributed by atoms with E-state index in [1.807, 2.05) is 18.5 Å². The van der Waals surface area contributed by atoms with Gasteiger partial charge in [0.15, 0.2) is 0 Å². The number of aromatic nitrogens is 1. The normalized spacial score (nSPS) is 12.3. The van der Waals surface area contributed by atoms with Crippen LogP contribution in [0, 0.1) is 0 Å². The third-order valence-corrected chi connectivity index (χ3v) is 4.27. The Morgan fingerprint density at radius 3 is 2.71 bits per heavy atom. The van der Waals surface area contributed by atoms with Crippen molar-refractivity contribution >= 4 is 0 Å². The molecule has 0 aliphatic heterocycles. The molecule has 0 spiro atoms. The molecule has 1 aromatic heterocycles. The number of hydrogen-bond donors (Lipinski definition) is 1. The molecular formula is C20H29N3O. The number of hydrogen-bond acceptors (Lipinski definition) is 4. The molecule has 1 heterocycles. The molecule has 0 saturated heterocycles. The highest BCUT2D eigenvalue weighted by Gasteiger charge is 2.16. The second-order valence-electron chi connectivity index (χ2n) is 6.11. The zero-order valence-electron chi connectivity index (χ0n) is 14.8. The van der Waals surface area contributed by atoms with Gasteiger partial charge in [-0.1, -0.05) is 25.5 Å². The zero-order valence-corrected chi connectivity index (χ0v) is 14.8. The van der Waals surface area contributed by atoms with E-state index in [4.69, 9.17) is 10.5 Å². The first kappa shape index (κ1) is 18.4. The van der Waals surface area contributed by atoms with E-state index in [0.29, 0.717) is 6.54 Å². The van der Waals surface area contributed by atoms with Crippen LogP contribution in [0.15, 0.2) is 48.8 Å². The molecule has 130 valence electrons. The summed E-state index contributed by atoms with van der Waals surface area (Å²) in [7, 11) is 2.13. The van der Waals surface area contributed by atoms with Gasteiger partial charge in [-0.25, -0.2) is 0 Å². The van der Waals surface area contributed by atoms with Gasteiger partial charge in [0.25, 0.3) is 0 Å². The SMILES string of the molecule is CCCCOc1cccc(C(CN)N(C)CCc2ccncc2)c1. The van der Waals surface area contributed by atoms with Crippen molar-refractivity contribution in [2.24, 2.45) is 5.73 Å². The molecule has 0 bridgehead atoms. The molecule has 0 aliphatic rings. The minimum absolute atomic E-state index is 0.196. The van der Waals surface area contributed by atoms with Crippen LogP contribution in [0.1, 0.15) is 36.9 Å². The number of unbranched alkanes of at least 4 members (excludes halogenated alkanes) is 1. The Bertz CT molecular complexity index is 588. The molecule has 2 N–H and O–H groups in total. The standard InChI is InChI=1S/C20H29N3O/c1-3-4-14-24-19-7-5-6-18(15-19)20(16-21)23(2)13-10-17-8-11-22-12-9-17/h5-9,11-12,15,20H,3-4,10,13-14,16,21H2,1-2H3. The number of nitrogens with two attached hydrogens (primary N) is 1. The Labute approximate surface area is 145 Å². The fourth-order valence-corrected chi connectivity index (χ4v) is 2.73. The lowest BCUT2D eigenvalue weighted by Crippen LogP contribution is -2.32. The van der Waals surface area contributed by atoms with Gasteiger partial charge in [0.2, 0.25) is 0 Å². The van der Waals surface area contributed by atoms with Crippen LogP contribution < -0.4 is 10.5 Å².